The number of aromatic nitrogens is 3. The van der Waals surface area contributed by atoms with E-state index >= 15 is 0 Å². The van der Waals surface area contributed by atoms with Crippen LogP contribution in [-0.4, -0.2) is 64.3 Å². The predicted octanol–water partition coefficient (Wildman–Crippen LogP) is 3.30. The average Bonchev–Trinajstić information content (AvgIpc) is 3.36. The summed E-state index contributed by atoms with van der Waals surface area (Å²) in [6, 6.07) is 17.0. The maximum Gasteiger partial charge on any atom is 0.293 e. The molecule has 0 bridgehead atoms. The number of fused-ring (bicyclic) bond motifs is 1. The Morgan fingerprint density at radius 2 is 1.79 bits per heavy atom. The number of morpholine rings is 1. The van der Waals surface area contributed by atoms with Crippen molar-refractivity contribution >= 4 is 51.3 Å². The van der Waals surface area contributed by atoms with Crippen molar-refractivity contribution in [2.75, 3.05) is 43.6 Å². The van der Waals surface area contributed by atoms with Gasteiger partial charge in [-0.15, -0.1) is 10.2 Å². The highest BCUT2D eigenvalue weighted by atomic mass is 32.1. The van der Waals surface area contributed by atoms with E-state index in [2.05, 4.69) is 20.8 Å². The van der Waals surface area contributed by atoms with Crippen molar-refractivity contribution in [3.63, 3.8) is 0 Å². The molecule has 1 aromatic heterocycles. The fraction of sp³-hybridized carbons (Fsp3) is 0.200. The Labute approximate surface area is 222 Å². The molecule has 0 radical (unpaired) electrons. The number of ether oxygens (including phenoxy) is 2. The Bertz CT molecular complexity index is 1520. The fourth-order valence-corrected chi connectivity index (χ4v) is 4.25. The van der Waals surface area contributed by atoms with Crippen LogP contribution < -0.4 is 20.3 Å². The molecule has 12 nitrogen and oxygen atoms in total. The van der Waals surface area contributed by atoms with Gasteiger partial charge in [0.25, 0.3) is 11.6 Å². The smallest absolute Gasteiger partial charge is 0.293 e. The second kappa shape index (κ2) is 10.8. The molecule has 1 fully saturated rings. The molecular weight excluding hydrogens is 510 g/mol. The molecule has 0 aliphatic carbocycles. The Balaban J connectivity index is 1.27. The first-order valence-corrected chi connectivity index (χ1v) is 12.1. The summed E-state index contributed by atoms with van der Waals surface area (Å²) in [7, 11) is 1.60. The van der Waals surface area contributed by atoms with E-state index in [4.69, 9.17) is 21.7 Å². The second-order valence-electron chi connectivity index (χ2n) is 8.36. The Morgan fingerprint density at radius 3 is 2.50 bits per heavy atom. The van der Waals surface area contributed by atoms with Gasteiger partial charge in [-0.05, 0) is 66.8 Å². The van der Waals surface area contributed by atoms with Gasteiger partial charge in [0.1, 0.15) is 22.5 Å². The van der Waals surface area contributed by atoms with E-state index in [-0.39, 0.29) is 16.4 Å². The molecule has 194 valence electrons. The van der Waals surface area contributed by atoms with E-state index in [9.17, 15) is 14.9 Å². The van der Waals surface area contributed by atoms with E-state index in [0.29, 0.717) is 48.7 Å². The molecule has 0 saturated carbocycles. The number of amides is 1. The summed E-state index contributed by atoms with van der Waals surface area (Å²) in [6.45, 7) is 2.06. The Kier molecular flexibility index (Phi) is 7.11. The van der Waals surface area contributed by atoms with E-state index < -0.39 is 10.8 Å². The van der Waals surface area contributed by atoms with Crippen molar-refractivity contribution in [2.45, 2.75) is 0 Å². The Morgan fingerprint density at radius 1 is 1.05 bits per heavy atom. The van der Waals surface area contributed by atoms with Gasteiger partial charge in [-0.1, -0.05) is 0 Å². The highest BCUT2D eigenvalue weighted by Crippen LogP contribution is 2.30. The molecule has 5 rings (SSSR count). The third-order valence-electron chi connectivity index (χ3n) is 5.95. The van der Waals surface area contributed by atoms with E-state index in [0.717, 1.165) is 11.4 Å². The van der Waals surface area contributed by atoms with Crippen LogP contribution in [0.25, 0.3) is 16.7 Å². The number of methoxy groups -OCH3 is 1. The molecular formula is C25H23N7O5S. The summed E-state index contributed by atoms with van der Waals surface area (Å²) in [6.07, 6.45) is 0. The van der Waals surface area contributed by atoms with Crippen LogP contribution in [0.2, 0.25) is 0 Å². The van der Waals surface area contributed by atoms with Crippen LogP contribution in [0.15, 0.2) is 60.7 Å². The third-order valence-corrected chi connectivity index (χ3v) is 6.16. The summed E-state index contributed by atoms with van der Waals surface area (Å²) in [5.41, 5.74) is 3.08. The quantitative estimate of drug-likeness (QED) is 0.216. The van der Waals surface area contributed by atoms with Crippen LogP contribution >= 0.6 is 12.2 Å². The number of carbonyl (C=O) groups is 1. The van der Waals surface area contributed by atoms with Gasteiger partial charge in [-0.3, -0.25) is 20.2 Å². The van der Waals surface area contributed by atoms with Crippen molar-refractivity contribution < 1.29 is 19.2 Å². The molecule has 3 aromatic carbocycles. The lowest BCUT2D eigenvalue weighted by molar-refractivity contribution is -0.384. The SMILES string of the molecule is COc1ccc(-n2nc3ccc(NC(=S)NC(=O)c4ccc(N5CCOCC5)c([N+](=O)[O-])c4)cc3n2)cc1. The van der Waals surface area contributed by atoms with Crippen molar-refractivity contribution in [1.82, 2.24) is 20.3 Å². The largest absolute Gasteiger partial charge is 0.497 e. The first-order valence-electron chi connectivity index (χ1n) is 11.7. The van der Waals surface area contributed by atoms with Gasteiger partial charge in [-0.2, -0.15) is 4.80 Å². The highest BCUT2D eigenvalue weighted by Gasteiger charge is 2.23. The maximum atomic E-state index is 12.8. The van der Waals surface area contributed by atoms with Crippen molar-refractivity contribution in [3.8, 4) is 11.4 Å². The number of rotatable bonds is 6. The predicted molar refractivity (Wildman–Crippen MR) is 145 cm³/mol. The van der Waals surface area contributed by atoms with Gasteiger partial charge in [0.15, 0.2) is 5.11 Å². The van der Waals surface area contributed by atoms with Crippen molar-refractivity contribution in [3.05, 3.63) is 76.3 Å². The zero-order chi connectivity index (χ0) is 26.6. The molecule has 1 aliphatic rings. The number of carbonyl (C=O) groups excluding carboxylic acids is 1. The maximum absolute atomic E-state index is 12.8. The summed E-state index contributed by atoms with van der Waals surface area (Å²) in [5.74, 6) is 0.167. The zero-order valence-electron chi connectivity index (χ0n) is 20.3. The Hall–Kier alpha value is -4.62. The molecule has 0 atom stereocenters. The molecule has 1 amide bonds. The summed E-state index contributed by atoms with van der Waals surface area (Å²) >= 11 is 5.30. The van der Waals surface area contributed by atoms with Gasteiger partial charge in [0, 0.05) is 30.4 Å². The van der Waals surface area contributed by atoms with E-state index in [1.54, 1.807) is 37.4 Å². The lowest BCUT2D eigenvalue weighted by Gasteiger charge is -2.28. The highest BCUT2D eigenvalue weighted by molar-refractivity contribution is 7.80. The molecule has 1 saturated heterocycles. The van der Waals surface area contributed by atoms with Crippen molar-refractivity contribution in [1.29, 1.82) is 0 Å². The minimum Gasteiger partial charge on any atom is -0.497 e. The first-order chi connectivity index (χ1) is 18.4. The van der Waals surface area contributed by atoms with Crippen LogP contribution in [0.3, 0.4) is 0 Å². The number of nitrogens with one attached hydrogen (secondary N) is 2. The number of anilines is 2. The van der Waals surface area contributed by atoms with Gasteiger partial charge in [0.2, 0.25) is 0 Å². The number of hydrogen-bond acceptors (Lipinski definition) is 9. The molecule has 4 aromatic rings. The minimum absolute atomic E-state index is 0.0387. The van der Waals surface area contributed by atoms with Gasteiger partial charge in [0.05, 0.1) is 30.9 Å². The van der Waals surface area contributed by atoms with Gasteiger partial charge in [-0.25, -0.2) is 0 Å². The summed E-state index contributed by atoms with van der Waals surface area (Å²) < 4.78 is 10.5. The minimum atomic E-state index is -0.564. The van der Waals surface area contributed by atoms with Crippen LogP contribution in [-0.2, 0) is 4.74 Å². The zero-order valence-corrected chi connectivity index (χ0v) is 21.1. The average molecular weight is 534 g/mol. The molecule has 0 unspecified atom stereocenters. The standard InChI is InChI=1S/C25H23N7O5S/c1-36-19-6-4-18(5-7-19)31-28-20-8-3-17(15-21(20)29-31)26-25(38)27-24(33)16-2-9-22(23(14-16)32(34)35)30-10-12-37-13-11-30/h2-9,14-15H,10-13H2,1H3,(H2,26,27,33,38). The number of benzene rings is 3. The summed E-state index contributed by atoms with van der Waals surface area (Å²) in [5, 5.41) is 26.2. The molecule has 2 N–H and O–H groups in total. The van der Waals surface area contributed by atoms with Gasteiger partial charge >= 0.3 is 0 Å². The lowest BCUT2D eigenvalue weighted by atomic mass is 10.1. The van der Waals surface area contributed by atoms with Crippen LogP contribution in [0, 0.1) is 10.1 Å². The molecule has 0 spiro atoms. The first kappa shape index (κ1) is 25.0. The molecule has 13 heteroatoms. The molecule has 38 heavy (non-hydrogen) atoms. The number of nitrogens with zero attached hydrogens (tertiary/aromatic N) is 5. The van der Waals surface area contributed by atoms with Crippen LogP contribution in [0.5, 0.6) is 5.75 Å². The lowest BCUT2D eigenvalue weighted by Crippen LogP contribution is -2.37. The van der Waals surface area contributed by atoms with Crippen molar-refractivity contribution in [2.24, 2.45) is 0 Å². The molecule has 1 aliphatic heterocycles. The van der Waals surface area contributed by atoms with Crippen LogP contribution in [0.1, 0.15) is 10.4 Å². The van der Waals surface area contributed by atoms with E-state index in [1.165, 1.54) is 10.9 Å². The second-order valence-corrected chi connectivity index (χ2v) is 8.77. The molecule has 2 heterocycles. The van der Waals surface area contributed by atoms with Gasteiger partial charge < -0.3 is 19.7 Å². The monoisotopic (exact) mass is 533 g/mol. The third kappa shape index (κ3) is 5.38. The number of hydrogen-bond donors (Lipinski definition) is 2. The number of nitro benzene ring substituents is 1. The summed E-state index contributed by atoms with van der Waals surface area (Å²) in [4.78, 5) is 27.4. The fourth-order valence-electron chi connectivity index (χ4n) is 4.04. The topological polar surface area (TPSA) is 137 Å². The number of nitro groups is 1. The normalized spacial score (nSPS) is 13.2. The van der Waals surface area contributed by atoms with Crippen LogP contribution in [0.4, 0.5) is 17.1 Å². The number of thiocarbonyl (C=S) groups is 1. The van der Waals surface area contributed by atoms with E-state index in [1.807, 2.05) is 29.2 Å².